The molecule has 0 aromatic carbocycles. The zero-order valence-corrected chi connectivity index (χ0v) is 14.6. The van der Waals surface area contributed by atoms with Crippen molar-refractivity contribution in [3.05, 3.63) is 33.9 Å². The molecule has 0 fully saturated rings. The van der Waals surface area contributed by atoms with E-state index >= 15 is 0 Å². The van der Waals surface area contributed by atoms with Crippen LogP contribution < -0.4 is 5.32 Å². The number of carbonyl (C=O) groups excluding carboxylic acids is 1. The van der Waals surface area contributed by atoms with Gasteiger partial charge in [0.05, 0.1) is 11.4 Å². The number of rotatable bonds is 6. The number of hydrogen-bond acceptors (Lipinski definition) is 4. The predicted molar refractivity (Wildman–Crippen MR) is 87.6 cm³/mol. The lowest BCUT2D eigenvalue weighted by Crippen LogP contribution is -2.35. The van der Waals surface area contributed by atoms with Crippen LogP contribution in [-0.2, 0) is 16.1 Å². The molecule has 2 aromatic rings. The minimum Gasteiger partial charge on any atom is -0.479 e. The fourth-order valence-corrected chi connectivity index (χ4v) is 2.69. The third kappa shape index (κ3) is 3.47. The van der Waals surface area contributed by atoms with Gasteiger partial charge in [-0.3, -0.25) is 14.6 Å². The molecule has 0 aliphatic rings. The molecule has 3 N–H and O–H groups in total. The number of aromatic amines is 1. The second kappa shape index (κ2) is 6.86. The minimum atomic E-state index is -1.11. The van der Waals surface area contributed by atoms with Gasteiger partial charge in [-0.15, -0.1) is 0 Å². The molecular weight excluding hydrogens is 310 g/mol. The summed E-state index contributed by atoms with van der Waals surface area (Å²) in [5, 5.41) is 23.1. The standard InChI is InChI=1S/C16H23N5O3/c1-8-9(2)20-21(12(8)5)7-6-13(22)17-15(16(23)24)14-10(3)18-19-11(14)4/h15H,6-7H2,1-5H3,(H,17,22)(H,18,19)(H,23,24)/t15-/m0/s1. The molecule has 8 heteroatoms. The van der Waals surface area contributed by atoms with Crippen molar-refractivity contribution >= 4 is 11.9 Å². The maximum atomic E-state index is 12.2. The van der Waals surface area contributed by atoms with Gasteiger partial charge in [-0.1, -0.05) is 0 Å². The number of nitrogens with one attached hydrogen (secondary N) is 2. The average molecular weight is 333 g/mol. The normalized spacial score (nSPS) is 12.2. The molecule has 2 aromatic heterocycles. The average Bonchev–Trinajstić information content (AvgIpc) is 2.97. The monoisotopic (exact) mass is 333 g/mol. The first-order chi connectivity index (χ1) is 11.2. The molecule has 0 aliphatic heterocycles. The van der Waals surface area contributed by atoms with Gasteiger partial charge in [0.25, 0.3) is 0 Å². The Labute approximate surface area is 140 Å². The number of carboxylic acid groups (broad SMARTS) is 1. The molecule has 0 radical (unpaired) electrons. The molecule has 1 atom stereocenters. The van der Waals surface area contributed by atoms with Crippen LogP contribution >= 0.6 is 0 Å². The highest BCUT2D eigenvalue weighted by Crippen LogP contribution is 2.20. The van der Waals surface area contributed by atoms with Crippen LogP contribution in [0.2, 0.25) is 0 Å². The number of aromatic nitrogens is 4. The van der Waals surface area contributed by atoms with Gasteiger partial charge in [-0.25, -0.2) is 4.79 Å². The summed E-state index contributed by atoms with van der Waals surface area (Å²) < 4.78 is 1.77. The van der Waals surface area contributed by atoms with Crippen molar-refractivity contribution < 1.29 is 14.7 Å². The summed E-state index contributed by atoms with van der Waals surface area (Å²) in [4.78, 5) is 23.7. The number of aryl methyl sites for hydroxylation is 4. The van der Waals surface area contributed by atoms with E-state index in [9.17, 15) is 14.7 Å². The van der Waals surface area contributed by atoms with Crippen LogP contribution in [0.25, 0.3) is 0 Å². The largest absolute Gasteiger partial charge is 0.479 e. The first-order valence-corrected chi connectivity index (χ1v) is 7.76. The van der Waals surface area contributed by atoms with E-state index in [1.807, 2.05) is 20.8 Å². The topological polar surface area (TPSA) is 113 Å². The van der Waals surface area contributed by atoms with E-state index in [4.69, 9.17) is 0 Å². The Bertz CT molecular complexity index is 756. The third-order valence-electron chi connectivity index (χ3n) is 4.32. The third-order valence-corrected chi connectivity index (χ3v) is 4.32. The van der Waals surface area contributed by atoms with Crippen molar-refractivity contribution in [2.45, 2.75) is 53.6 Å². The molecule has 0 bridgehead atoms. The number of amides is 1. The first-order valence-electron chi connectivity index (χ1n) is 7.76. The van der Waals surface area contributed by atoms with Crippen LogP contribution in [-0.4, -0.2) is 37.0 Å². The highest BCUT2D eigenvalue weighted by molar-refractivity contribution is 5.84. The summed E-state index contributed by atoms with van der Waals surface area (Å²) in [7, 11) is 0. The molecular formula is C16H23N5O3. The second-order valence-electron chi connectivity index (χ2n) is 5.96. The molecule has 2 heterocycles. The summed E-state index contributed by atoms with van der Waals surface area (Å²) in [5.41, 5.74) is 4.74. The zero-order valence-electron chi connectivity index (χ0n) is 14.6. The quantitative estimate of drug-likeness (QED) is 0.741. The molecule has 8 nitrogen and oxygen atoms in total. The summed E-state index contributed by atoms with van der Waals surface area (Å²) in [6.45, 7) is 9.70. The van der Waals surface area contributed by atoms with Crippen molar-refractivity contribution in [2.75, 3.05) is 0 Å². The van der Waals surface area contributed by atoms with E-state index in [0.717, 1.165) is 17.0 Å². The maximum absolute atomic E-state index is 12.2. The van der Waals surface area contributed by atoms with E-state index in [1.54, 1.807) is 18.5 Å². The molecule has 1 amide bonds. The summed E-state index contributed by atoms with van der Waals surface area (Å²) in [5.74, 6) is -1.45. The van der Waals surface area contributed by atoms with Gasteiger partial charge >= 0.3 is 5.97 Å². The second-order valence-corrected chi connectivity index (χ2v) is 5.96. The predicted octanol–water partition coefficient (Wildman–Crippen LogP) is 1.48. The van der Waals surface area contributed by atoms with Gasteiger partial charge in [0, 0.05) is 29.9 Å². The van der Waals surface area contributed by atoms with Crippen LogP contribution in [0, 0.1) is 34.6 Å². The number of H-pyrrole nitrogens is 1. The van der Waals surface area contributed by atoms with Crippen molar-refractivity contribution in [3.63, 3.8) is 0 Å². The van der Waals surface area contributed by atoms with E-state index in [-0.39, 0.29) is 12.3 Å². The lowest BCUT2D eigenvalue weighted by molar-refractivity contribution is -0.142. The summed E-state index contributed by atoms with van der Waals surface area (Å²) in [6, 6.07) is -1.11. The van der Waals surface area contributed by atoms with Crippen LogP contribution in [0.3, 0.4) is 0 Å². The Balaban J connectivity index is 2.06. The lowest BCUT2D eigenvalue weighted by Gasteiger charge is -2.15. The van der Waals surface area contributed by atoms with Gasteiger partial charge in [-0.05, 0) is 40.2 Å². The van der Waals surface area contributed by atoms with E-state index in [2.05, 4.69) is 20.6 Å². The highest BCUT2D eigenvalue weighted by atomic mass is 16.4. The summed E-state index contributed by atoms with van der Waals surface area (Å²) in [6.07, 6.45) is 0.154. The molecule has 0 saturated heterocycles. The first kappa shape index (κ1) is 17.7. The molecule has 0 spiro atoms. The minimum absolute atomic E-state index is 0.154. The summed E-state index contributed by atoms with van der Waals surface area (Å²) >= 11 is 0. The van der Waals surface area contributed by atoms with E-state index in [1.165, 1.54) is 0 Å². The van der Waals surface area contributed by atoms with Crippen LogP contribution in [0.15, 0.2) is 0 Å². The van der Waals surface area contributed by atoms with Gasteiger partial charge in [0.15, 0.2) is 6.04 Å². The number of nitrogens with zero attached hydrogens (tertiary/aromatic N) is 3. The molecule has 0 saturated carbocycles. The Morgan fingerprint density at radius 3 is 2.33 bits per heavy atom. The fourth-order valence-electron chi connectivity index (χ4n) is 2.69. The number of carboxylic acids is 1. The Kier molecular flexibility index (Phi) is 5.06. The molecule has 0 aliphatic carbocycles. The number of aliphatic carboxylic acids is 1. The fraction of sp³-hybridized carbons (Fsp3) is 0.500. The van der Waals surface area contributed by atoms with Gasteiger partial charge in [0.2, 0.25) is 5.91 Å². The Morgan fingerprint density at radius 1 is 1.21 bits per heavy atom. The molecule has 2 rings (SSSR count). The van der Waals surface area contributed by atoms with Crippen LogP contribution in [0.1, 0.15) is 46.4 Å². The SMILES string of the molecule is Cc1nn(CCC(=O)N[C@H](C(=O)O)c2c(C)n[nH]c2C)c(C)c1C. The zero-order chi connectivity index (χ0) is 18.0. The van der Waals surface area contributed by atoms with Crippen molar-refractivity contribution in [1.82, 2.24) is 25.3 Å². The van der Waals surface area contributed by atoms with E-state index < -0.39 is 12.0 Å². The van der Waals surface area contributed by atoms with Gasteiger partial charge in [-0.2, -0.15) is 10.2 Å². The Hall–Kier alpha value is -2.64. The molecule has 130 valence electrons. The lowest BCUT2D eigenvalue weighted by atomic mass is 10.0. The van der Waals surface area contributed by atoms with Crippen molar-refractivity contribution in [2.24, 2.45) is 0 Å². The Morgan fingerprint density at radius 2 is 1.88 bits per heavy atom. The number of hydrogen-bond donors (Lipinski definition) is 3. The molecule has 0 unspecified atom stereocenters. The maximum Gasteiger partial charge on any atom is 0.331 e. The van der Waals surface area contributed by atoms with Gasteiger partial charge in [0.1, 0.15) is 0 Å². The van der Waals surface area contributed by atoms with Gasteiger partial charge < -0.3 is 10.4 Å². The molecule has 24 heavy (non-hydrogen) atoms. The van der Waals surface area contributed by atoms with Crippen molar-refractivity contribution in [3.8, 4) is 0 Å². The van der Waals surface area contributed by atoms with Crippen LogP contribution in [0.4, 0.5) is 0 Å². The van der Waals surface area contributed by atoms with Crippen LogP contribution in [0.5, 0.6) is 0 Å². The van der Waals surface area contributed by atoms with E-state index in [0.29, 0.717) is 23.5 Å². The highest BCUT2D eigenvalue weighted by Gasteiger charge is 2.27. The van der Waals surface area contributed by atoms with Crippen molar-refractivity contribution in [1.29, 1.82) is 0 Å². The smallest absolute Gasteiger partial charge is 0.331 e. The number of carbonyl (C=O) groups is 2.